The molecule has 0 aromatic carbocycles. The molecule has 2 N–H and O–H groups in total. The predicted molar refractivity (Wildman–Crippen MR) is 58.9 cm³/mol. The normalized spacial score (nSPS) is 10.0. The number of amides is 1. The molecule has 0 aliphatic carbocycles. The largest absolute Gasteiger partial charge is 0.478 e. The molecule has 2 rings (SSSR count). The van der Waals surface area contributed by atoms with Crippen LogP contribution in [0.15, 0.2) is 35.3 Å². The lowest BCUT2D eigenvalue weighted by molar-refractivity contribution is 0.0690. The van der Waals surface area contributed by atoms with Crippen molar-refractivity contribution in [2.75, 3.05) is 0 Å². The van der Waals surface area contributed by atoms with Gasteiger partial charge in [0.15, 0.2) is 0 Å². The summed E-state index contributed by atoms with van der Waals surface area (Å²) in [5.41, 5.74) is 0.463. The maximum absolute atomic E-state index is 11.8. The van der Waals surface area contributed by atoms with Crippen molar-refractivity contribution >= 4 is 11.9 Å². The van der Waals surface area contributed by atoms with E-state index < -0.39 is 11.9 Å². The van der Waals surface area contributed by atoms with E-state index in [4.69, 9.17) is 5.11 Å². The van der Waals surface area contributed by atoms with Gasteiger partial charge in [-0.25, -0.2) is 4.79 Å². The lowest BCUT2D eigenvalue weighted by Crippen LogP contribution is -2.25. The van der Waals surface area contributed by atoms with Gasteiger partial charge in [0.25, 0.3) is 5.91 Å². The second-order valence-corrected chi connectivity index (χ2v) is 3.40. The van der Waals surface area contributed by atoms with Gasteiger partial charge >= 0.3 is 5.97 Å². The van der Waals surface area contributed by atoms with Gasteiger partial charge in [-0.05, 0) is 6.07 Å². The minimum Gasteiger partial charge on any atom is -0.478 e. The number of aromatic carboxylic acids is 1. The Kier molecular flexibility index (Phi) is 3.33. The molecule has 18 heavy (non-hydrogen) atoms. The molecule has 0 aliphatic rings. The van der Waals surface area contributed by atoms with Crippen molar-refractivity contribution < 1.29 is 19.2 Å². The molecule has 0 fully saturated rings. The van der Waals surface area contributed by atoms with Gasteiger partial charge in [-0.15, -0.1) is 0 Å². The standard InChI is InChI=1S/C11H9N3O4/c15-10(13-5-7-2-4-18-14-7)8-1-3-12-6-9(8)11(16)17/h1-4,6H,5H2,(H,13,15)(H,16,17). The zero-order chi connectivity index (χ0) is 13.0. The van der Waals surface area contributed by atoms with Crippen molar-refractivity contribution in [3.05, 3.63) is 47.6 Å². The topological polar surface area (TPSA) is 105 Å². The molecule has 7 heteroatoms. The summed E-state index contributed by atoms with van der Waals surface area (Å²) in [7, 11) is 0. The van der Waals surface area contributed by atoms with E-state index in [1.165, 1.54) is 18.5 Å². The van der Waals surface area contributed by atoms with Crippen molar-refractivity contribution in [3.8, 4) is 0 Å². The fourth-order valence-electron chi connectivity index (χ4n) is 1.36. The third-order valence-corrected chi connectivity index (χ3v) is 2.22. The number of hydrogen-bond donors (Lipinski definition) is 2. The number of carbonyl (C=O) groups excluding carboxylic acids is 1. The van der Waals surface area contributed by atoms with Crippen LogP contribution in [0.25, 0.3) is 0 Å². The minimum absolute atomic E-state index is 0.0565. The summed E-state index contributed by atoms with van der Waals surface area (Å²) >= 11 is 0. The average molecular weight is 247 g/mol. The molecule has 2 aromatic heterocycles. The van der Waals surface area contributed by atoms with Crippen LogP contribution in [0.1, 0.15) is 26.4 Å². The minimum atomic E-state index is -1.20. The molecular weight excluding hydrogens is 238 g/mol. The quantitative estimate of drug-likeness (QED) is 0.823. The number of carboxylic acids is 1. The Morgan fingerprint density at radius 2 is 2.17 bits per heavy atom. The van der Waals surface area contributed by atoms with Gasteiger partial charge in [-0.3, -0.25) is 9.78 Å². The Balaban J connectivity index is 2.11. The molecule has 2 aromatic rings. The van der Waals surface area contributed by atoms with Gasteiger partial charge < -0.3 is 14.9 Å². The van der Waals surface area contributed by atoms with Crippen LogP contribution in [0.4, 0.5) is 0 Å². The zero-order valence-corrected chi connectivity index (χ0v) is 9.16. The van der Waals surface area contributed by atoms with Gasteiger partial charge in [0.1, 0.15) is 12.0 Å². The first-order valence-electron chi connectivity index (χ1n) is 5.03. The van der Waals surface area contributed by atoms with Crippen molar-refractivity contribution in [2.45, 2.75) is 6.54 Å². The van der Waals surface area contributed by atoms with Gasteiger partial charge in [-0.1, -0.05) is 5.16 Å². The highest BCUT2D eigenvalue weighted by atomic mass is 16.5. The van der Waals surface area contributed by atoms with E-state index in [9.17, 15) is 9.59 Å². The molecule has 0 aliphatic heterocycles. The van der Waals surface area contributed by atoms with Crippen LogP contribution in [0.3, 0.4) is 0 Å². The third-order valence-electron chi connectivity index (χ3n) is 2.22. The predicted octanol–water partition coefficient (Wildman–Crippen LogP) is 0.698. The van der Waals surface area contributed by atoms with Gasteiger partial charge in [0, 0.05) is 18.5 Å². The number of aromatic nitrogens is 2. The Morgan fingerprint density at radius 1 is 1.33 bits per heavy atom. The molecule has 0 spiro atoms. The average Bonchev–Trinajstić information content (AvgIpc) is 2.89. The molecule has 2 heterocycles. The lowest BCUT2D eigenvalue weighted by Gasteiger charge is -2.05. The SMILES string of the molecule is O=C(O)c1cnccc1C(=O)NCc1ccon1. The Bertz CT molecular complexity index is 565. The Morgan fingerprint density at radius 3 is 2.83 bits per heavy atom. The number of hydrogen-bond acceptors (Lipinski definition) is 5. The van der Waals surface area contributed by atoms with E-state index in [0.29, 0.717) is 5.69 Å². The molecule has 0 saturated carbocycles. The van der Waals surface area contributed by atoms with Crippen LogP contribution in [-0.4, -0.2) is 27.1 Å². The molecule has 0 saturated heterocycles. The molecule has 0 atom stereocenters. The highest BCUT2D eigenvalue weighted by Crippen LogP contribution is 2.07. The first-order chi connectivity index (χ1) is 8.68. The van der Waals surface area contributed by atoms with Crippen LogP contribution in [0, 0.1) is 0 Å². The monoisotopic (exact) mass is 247 g/mol. The highest BCUT2D eigenvalue weighted by Gasteiger charge is 2.16. The van der Waals surface area contributed by atoms with E-state index >= 15 is 0 Å². The van der Waals surface area contributed by atoms with Gasteiger partial charge in [0.2, 0.25) is 0 Å². The maximum atomic E-state index is 11.8. The van der Waals surface area contributed by atoms with Crippen molar-refractivity contribution in [2.24, 2.45) is 0 Å². The number of carbonyl (C=O) groups is 2. The first kappa shape index (κ1) is 11.8. The summed E-state index contributed by atoms with van der Waals surface area (Å²) < 4.78 is 4.61. The van der Waals surface area contributed by atoms with Gasteiger partial charge in [-0.2, -0.15) is 0 Å². The van der Waals surface area contributed by atoms with E-state index in [1.54, 1.807) is 6.07 Å². The van der Waals surface area contributed by atoms with Gasteiger partial charge in [0.05, 0.1) is 17.7 Å². The lowest BCUT2D eigenvalue weighted by atomic mass is 10.1. The number of carboxylic acid groups (broad SMARTS) is 1. The van der Waals surface area contributed by atoms with Crippen LogP contribution in [0.5, 0.6) is 0 Å². The molecular formula is C11H9N3O4. The Hall–Kier alpha value is -2.70. The van der Waals surface area contributed by atoms with Crippen molar-refractivity contribution in [1.29, 1.82) is 0 Å². The summed E-state index contributed by atoms with van der Waals surface area (Å²) in [4.78, 5) is 26.4. The van der Waals surface area contributed by atoms with E-state index in [2.05, 4.69) is 20.0 Å². The van der Waals surface area contributed by atoms with E-state index in [1.807, 2.05) is 0 Å². The summed E-state index contributed by atoms with van der Waals surface area (Å²) in [5.74, 6) is -1.70. The summed E-state index contributed by atoms with van der Waals surface area (Å²) in [6.07, 6.45) is 3.88. The fraction of sp³-hybridized carbons (Fsp3) is 0.0909. The first-order valence-corrected chi connectivity index (χ1v) is 5.03. The van der Waals surface area contributed by atoms with E-state index in [-0.39, 0.29) is 17.7 Å². The Labute approximate surface area is 101 Å². The molecule has 1 amide bonds. The molecule has 0 bridgehead atoms. The summed E-state index contributed by atoms with van der Waals surface area (Å²) in [6.45, 7) is 0.163. The number of nitrogens with one attached hydrogen (secondary N) is 1. The van der Waals surface area contributed by atoms with Crippen LogP contribution >= 0.6 is 0 Å². The molecule has 0 unspecified atom stereocenters. The second-order valence-electron chi connectivity index (χ2n) is 3.40. The van der Waals surface area contributed by atoms with Crippen LogP contribution in [0.2, 0.25) is 0 Å². The third kappa shape index (κ3) is 2.51. The zero-order valence-electron chi connectivity index (χ0n) is 9.16. The molecule has 7 nitrogen and oxygen atoms in total. The van der Waals surface area contributed by atoms with Crippen LogP contribution in [-0.2, 0) is 6.54 Å². The van der Waals surface area contributed by atoms with Crippen LogP contribution < -0.4 is 5.32 Å². The highest BCUT2D eigenvalue weighted by molar-refractivity contribution is 6.04. The summed E-state index contributed by atoms with van der Waals surface area (Å²) in [5, 5.41) is 15.1. The van der Waals surface area contributed by atoms with Crippen molar-refractivity contribution in [1.82, 2.24) is 15.5 Å². The molecule has 92 valence electrons. The second kappa shape index (κ2) is 5.09. The number of rotatable bonds is 4. The summed E-state index contributed by atoms with van der Waals surface area (Å²) in [6, 6.07) is 2.95. The number of nitrogens with zero attached hydrogens (tertiary/aromatic N) is 2. The van der Waals surface area contributed by atoms with E-state index in [0.717, 1.165) is 6.20 Å². The molecule has 0 radical (unpaired) electrons. The fourth-order valence-corrected chi connectivity index (χ4v) is 1.36. The van der Waals surface area contributed by atoms with Crippen molar-refractivity contribution in [3.63, 3.8) is 0 Å². The smallest absolute Gasteiger partial charge is 0.338 e. The number of pyridine rings is 1. The maximum Gasteiger partial charge on any atom is 0.338 e.